The quantitative estimate of drug-likeness (QED) is 0.632. The molecule has 0 aliphatic carbocycles. The van der Waals surface area contributed by atoms with Crippen LogP contribution in [0, 0.1) is 5.82 Å². The van der Waals surface area contributed by atoms with Crippen molar-refractivity contribution >= 4 is 17.7 Å². The maximum Gasteiger partial charge on any atom is 0.308 e. The minimum atomic E-state index is -0.437. The van der Waals surface area contributed by atoms with Crippen LogP contribution < -0.4 is 9.47 Å². The molecule has 5 heteroatoms. The summed E-state index contributed by atoms with van der Waals surface area (Å²) < 4.78 is 23.5. The van der Waals surface area contributed by atoms with Crippen molar-refractivity contribution < 1.29 is 18.7 Å². The first kappa shape index (κ1) is 14.4. The number of benzene rings is 2. The molecule has 0 aliphatic rings. The van der Waals surface area contributed by atoms with E-state index in [0.717, 1.165) is 10.6 Å². The van der Waals surface area contributed by atoms with E-state index in [-0.39, 0.29) is 5.82 Å². The monoisotopic (exact) mass is 292 g/mol. The number of rotatable bonds is 4. The summed E-state index contributed by atoms with van der Waals surface area (Å²) in [6, 6.07) is 11.4. The number of carbonyl (C=O) groups is 1. The smallest absolute Gasteiger partial charge is 0.308 e. The summed E-state index contributed by atoms with van der Waals surface area (Å²) >= 11 is 1.32. The second kappa shape index (κ2) is 6.43. The van der Waals surface area contributed by atoms with E-state index in [1.807, 2.05) is 24.3 Å². The molecule has 0 atom stereocenters. The van der Waals surface area contributed by atoms with Crippen LogP contribution in [0.3, 0.4) is 0 Å². The van der Waals surface area contributed by atoms with Gasteiger partial charge < -0.3 is 9.47 Å². The van der Waals surface area contributed by atoms with Crippen LogP contribution in [-0.4, -0.2) is 13.1 Å². The van der Waals surface area contributed by atoms with Gasteiger partial charge >= 0.3 is 5.97 Å². The van der Waals surface area contributed by atoms with E-state index < -0.39 is 5.97 Å². The van der Waals surface area contributed by atoms with Gasteiger partial charge in [0.1, 0.15) is 17.3 Å². The number of methoxy groups -OCH3 is 1. The van der Waals surface area contributed by atoms with Crippen molar-refractivity contribution in [1.29, 1.82) is 0 Å². The lowest BCUT2D eigenvalue weighted by molar-refractivity contribution is -0.132. The number of hydrogen-bond donors (Lipinski definition) is 0. The summed E-state index contributed by atoms with van der Waals surface area (Å²) in [5.74, 6) is 0.277. The Morgan fingerprint density at radius 2 is 1.85 bits per heavy atom. The van der Waals surface area contributed by atoms with Crippen molar-refractivity contribution in [2.45, 2.75) is 16.7 Å². The van der Waals surface area contributed by atoms with Gasteiger partial charge in [-0.3, -0.25) is 4.79 Å². The molecule has 104 valence electrons. The Balaban J connectivity index is 2.26. The topological polar surface area (TPSA) is 35.5 Å². The highest BCUT2D eigenvalue weighted by molar-refractivity contribution is 7.99. The molecule has 0 amide bonds. The summed E-state index contributed by atoms with van der Waals surface area (Å²) in [4.78, 5) is 12.5. The van der Waals surface area contributed by atoms with Crippen LogP contribution in [-0.2, 0) is 4.79 Å². The van der Waals surface area contributed by atoms with Crippen molar-refractivity contribution in [3.63, 3.8) is 0 Å². The Morgan fingerprint density at radius 1 is 1.15 bits per heavy atom. The van der Waals surface area contributed by atoms with E-state index in [0.29, 0.717) is 10.6 Å². The zero-order chi connectivity index (χ0) is 14.5. The standard InChI is InChI=1S/C15H13FO3S/c1-10(17)19-14-8-3-11(16)9-15(14)20-13-6-4-12(18-2)5-7-13/h3-9H,1-2H3. The fourth-order valence-corrected chi connectivity index (χ4v) is 2.48. The molecule has 2 aromatic carbocycles. The summed E-state index contributed by atoms with van der Waals surface area (Å²) in [5, 5.41) is 0. The molecule has 0 saturated carbocycles. The number of esters is 1. The second-order valence-corrected chi connectivity index (χ2v) is 5.08. The van der Waals surface area contributed by atoms with Gasteiger partial charge in [0, 0.05) is 11.8 Å². The summed E-state index contributed by atoms with van der Waals surface area (Å²) in [6.07, 6.45) is 0. The first-order valence-electron chi connectivity index (χ1n) is 5.88. The van der Waals surface area contributed by atoms with E-state index in [1.54, 1.807) is 7.11 Å². The number of halogens is 1. The molecule has 0 aromatic heterocycles. The van der Waals surface area contributed by atoms with Gasteiger partial charge in [-0.1, -0.05) is 11.8 Å². The molecule has 0 unspecified atom stereocenters. The van der Waals surface area contributed by atoms with Crippen LogP contribution in [0.1, 0.15) is 6.92 Å². The Kier molecular flexibility index (Phi) is 4.63. The Bertz CT molecular complexity index is 611. The Morgan fingerprint density at radius 3 is 2.45 bits per heavy atom. The molecule has 0 bridgehead atoms. The molecular formula is C15H13FO3S. The summed E-state index contributed by atoms with van der Waals surface area (Å²) in [7, 11) is 1.59. The molecule has 0 heterocycles. The lowest BCUT2D eigenvalue weighted by Crippen LogP contribution is -2.02. The van der Waals surface area contributed by atoms with Crippen molar-refractivity contribution in [2.24, 2.45) is 0 Å². The molecule has 0 radical (unpaired) electrons. The first-order chi connectivity index (χ1) is 9.58. The zero-order valence-electron chi connectivity index (χ0n) is 11.1. The third-order valence-electron chi connectivity index (χ3n) is 2.45. The molecule has 0 spiro atoms. The highest BCUT2D eigenvalue weighted by Gasteiger charge is 2.09. The number of ether oxygens (including phenoxy) is 2. The maximum atomic E-state index is 13.3. The third kappa shape index (κ3) is 3.74. The van der Waals surface area contributed by atoms with E-state index >= 15 is 0 Å². The van der Waals surface area contributed by atoms with Gasteiger partial charge in [-0.15, -0.1) is 0 Å². The maximum absolute atomic E-state index is 13.3. The number of hydrogen-bond acceptors (Lipinski definition) is 4. The van der Waals surface area contributed by atoms with E-state index in [2.05, 4.69) is 0 Å². The van der Waals surface area contributed by atoms with Crippen LogP contribution in [0.4, 0.5) is 4.39 Å². The fraction of sp³-hybridized carbons (Fsp3) is 0.133. The van der Waals surface area contributed by atoms with Gasteiger partial charge in [0.05, 0.1) is 12.0 Å². The molecule has 0 aliphatic heterocycles. The minimum absolute atomic E-state index is 0.347. The molecule has 20 heavy (non-hydrogen) atoms. The van der Waals surface area contributed by atoms with Crippen LogP contribution in [0.2, 0.25) is 0 Å². The van der Waals surface area contributed by atoms with Crippen molar-refractivity contribution in [2.75, 3.05) is 7.11 Å². The van der Waals surface area contributed by atoms with Crippen molar-refractivity contribution in [3.8, 4) is 11.5 Å². The molecular weight excluding hydrogens is 279 g/mol. The lowest BCUT2D eigenvalue weighted by atomic mass is 10.3. The van der Waals surface area contributed by atoms with Gasteiger partial charge in [0.25, 0.3) is 0 Å². The van der Waals surface area contributed by atoms with Crippen LogP contribution in [0.5, 0.6) is 11.5 Å². The van der Waals surface area contributed by atoms with Gasteiger partial charge in [-0.25, -0.2) is 4.39 Å². The van der Waals surface area contributed by atoms with Crippen LogP contribution in [0.25, 0.3) is 0 Å². The van der Waals surface area contributed by atoms with Crippen molar-refractivity contribution in [1.82, 2.24) is 0 Å². The molecule has 0 saturated heterocycles. The van der Waals surface area contributed by atoms with E-state index in [4.69, 9.17) is 9.47 Å². The number of carbonyl (C=O) groups excluding carboxylic acids is 1. The predicted octanol–water partition coefficient (Wildman–Crippen LogP) is 3.91. The zero-order valence-corrected chi connectivity index (χ0v) is 11.9. The van der Waals surface area contributed by atoms with Crippen LogP contribution >= 0.6 is 11.8 Å². The molecule has 0 fully saturated rings. The Hall–Kier alpha value is -2.01. The van der Waals surface area contributed by atoms with Crippen LogP contribution in [0.15, 0.2) is 52.3 Å². The SMILES string of the molecule is COc1ccc(Sc2cc(F)ccc2OC(C)=O)cc1. The normalized spacial score (nSPS) is 10.2. The fourth-order valence-electron chi connectivity index (χ4n) is 1.57. The first-order valence-corrected chi connectivity index (χ1v) is 6.70. The molecule has 2 aromatic rings. The third-order valence-corrected chi connectivity index (χ3v) is 3.49. The largest absolute Gasteiger partial charge is 0.497 e. The minimum Gasteiger partial charge on any atom is -0.497 e. The average Bonchev–Trinajstić information content (AvgIpc) is 2.42. The van der Waals surface area contributed by atoms with Gasteiger partial charge in [-0.05, 0) is 42.5 Å². The second-order valence-electron chi connectivity index (χ2n) is 3.96. The predicted molar refractivity (Wildman–Crippen MR) is 74.8 cm³/mol. The van der Waals surface area contributed by atoms with Crippen molar-refractivity contribution in [3.05, 3.63) is 48.3 Å². The molecule has 0 N–H and O–H groups in total. The highest BCUT2D eigenvalue weighted by Crippen LogP contribution is 2.36. The van der Waals surface area contributed by atoms with E-state index in [1.165, 1.54) is 36.9 Å². The summed E-state index contributed by atoms with van der Waals surface area (Å²) in [5.41, 5.74) is 0. The highest BCUT2D eigenvalue weighted by atomic mass is 32.2. The molecule has 3 nitrogen and oxygen atoms in total. The average molecular weight is 292 g/mol. The van der Waals surface area contributed by atoms with Gasteiger partial charge in [-0.2, -0.15) is 0 Å². The van der Waals surface area contributed by atoms with Gasteiger partial charge in [0.2, 0.25) is 0 Å². The molecule has 2 rings (SSSR count). The Labute approximate surface area is 120 Å². The summed E-state index contributed by atoms with van der Waals surface area (Å²) in [6.45, 7) is 1.31. The lowest BCUT2D eigenvalue weighted by Gasteiger charge is -2.09. The van der Waals surface area contributed by atoms with E-state index in [9.17, 15) is 9.18 Å². The van der Waals surface area contributed by atoms with Gasteiger partial charge in [0.15, 0.2) is 0 Å².